The molecule has 1 amide bonds. The number of anilines is 1. The first-order valence-electron chi connectivity index (χ1n) is 13.2. The second-order valence-electron chi connectivity index (χ2n) is 9.80. The number of nitro groups is 1. The molecule has 212 valence electrons. The number of benzene rings is 3. The van der Waals surface area contributed by atoms with Crippen molar-refractivity contribution in [3.05, 3.63) is 116 Å². The minimum absolute atomic E-state index is 0.0575. The zero-order chi connectivity index (χ0) is 28.8. The summed E-state index contributed by atoms with van der Waals surface area (Å²) >= 11 is 1.46. The van der Waals surface area contributed by atoms with E-state index in [1.54, 1.807) is 36.3 Å². The van der Waals surface area contributed by atoms with Crippen molar-refractivity contribution in [1.29, 1.82) is 0 Å². The third-order valence-electron chi connectivity index (χ3n) is 7.01. The highest BCUT2D eigenvalue weighted by molar-refractivity contribution is 7.09. The molecule has 3 aromatic carbocycles. The molecule has 9 nitrogen and oxygen atoms in total. The first-order valence-corrected chi connectivity index (χ1v) is 14.1. The molecular formula is C30H30FN5O4S. The number of nitrogens with zero attached hydrogens (tertiary/aromatic N) is 5. The van der Waals surface area contributed by atoms with E-state index in [0.717, 1.165) is 27.6 Å². The Hall–Kier alpha value is -4.35. The van der Waals surface area contributed by atoms with Gasteiger partial charge in [-0.1, -0.05) is 24.3 Å². The van der Waals surface area contributed by atoms with E-state index >= 15 is 0 Å². The normalized spacial score (nSPS) is 13.4. The van der Waals surface area contributed by atoms with Crippen LogP contribution in [0.2, 0.25) is 0 Å². The summed E-state index contributed by atoms with van der Waals surface area (Å²) in [5.74, 6) is 0.415. The molecule has 1 saturated heterocycles. The lowest BCUT2D eigenvalue weighted by atomic mass is 10.1. The average molecular weight is 576 g/mol. The number of rotatable bonds is 10. The Morgan fingerprint density at radius 1 is 0.951 bits per heavy atom. The number of nitro benzene ring substituents is 1. The van der Waals surface area contributed by atoms with E-state index < -0.39 is 4.92 Å². The number of methoxy groups -OCH3 is 1. The highest BCUT2D eigenvalue weighted by atomic mass is 32.1. The van der Waals surface area contributed by atoms with Crippen LogP contribution >= 0.6 is 11.3 Å². The van der Waals surface area contributed by atoms with Gasteiger partial charge in [-0.05, 0) is 47.5 Å². The summed E-state index contributed by atoms with van der Waals surface area (Å²) < 4.78 is 18.7. The number of non-ortho nitro benzene ring substituents is 1. The average Bonchev–Trinajstić information content (AvgIpc) is 3.47. The van der Waals surface area contributed by atoms with Crippen molar-refractivity contribution in [2.45, 2.75) is 19.6 Å². The highest BCUT2D eigenvalue weighted by Gasteiger charge is 2.25. The molecule has 0 aliphatic carbocycles. The monoisotopic (exact) mass is 575 g/mol. The van der Waals surface area contributed by atoms with E-state index in [2.05, 4.69) is 14.8 Å². The molecule has 0 saturated carbocycles. The lowest BCUT2D eigenvalue weighted by molar-refractivity contribution is -0.384. The second kappa shape index (κ2) is 12.9. The quantitative estimate of drug-likeness (QED) is 0.186. The summed E-state index contributed by atoms with van der Waals surface area (Å²) in [7, 11) is 1.63. The van der Waals surface area contributed by atoms with Gasteiger partial charge in [0.25, 0.3) is 11.6 Å². The fourth-order valence-corrected chi connectivity index (χ4v) is 5.60. The number of carbonyl (C=O) groups is 1. The van der Waals surface area contributed by atoms with Gasteiger partial charge in [0.2, 0.25) is 0 Å². The van der Waals surface area contributed by atoms with Gasteiger partial charge < -0.3 is 14.5 Å². The summed E-state index contributed by atoms with van der Waals surface area (Å²) in [6.07, 6.45) is 0. The van der Waals surface area contributed by atoms with Crippen molar-refractivity contribution in [1.82, 2.24) is 14.8 Å². The van der Waals surface area contributed by atoms with Crippen molar-refractivity contribution in [2.24, 2.45) is 0 Å². The number of piperazine rings is 1. The van der Waals surface area contributed by atoms with Crippen LogP contribution in [0, 0.1) is 15.9 Å². The van der Waals surface area contributed by atoms with Gasteiger partial charge in [-0.15, -0.1) is 11.3 Å². The topological polar surface area (TPSA) is 92.1 Å². The van der Waals surface area contributed by atoms with E-state index in [1.165, 1.54) is 35.6 Å². The van der Waals surface area contributed by atoms with Gasteiger partial charge in [-0.3, -0.25) is 19.8 Å². The molecule has 1 aromatic heterocycles. The van der Waals surface area contributed by atoms with Crippen LogP contribution in [0.4, 0.5) is 15.8 Å². The molecule has 0 radical (unpaired) electrons. The Labute approximate surface area is 241 Å². The van der Waals surface area contributed by atoms with Gasteiger partial charge in [0.05, 0.1) is 18.6 Å². The summed E-state index contributed by atoms with van der Waals surface area (Å²) in [6.45, 7) is 4.12. The number of amides is 1. The molecule has 2 heterocycles. The van der Waals surface area contributed by atoms with Crippen LogP contribution in [-0.2, 0) is 19.6 Å². The van der Waals surface area contributed by atoms with Crippen LogP contribution in [0.1, 0.15) is 26.6 Å². The minimum Gasteiger partial charge on any atom is -0.497 e. The molecule has 1 aliphatic rings. The number of aromatic nitrogens is 1. The number of hydrogen-bond acceptors (Lipinski definition) is 8. The second-order valence-corrected chi connectivity index (χ2v) is 10.7. The standard InChI is InChI=1S/C30H30FN5O4S/c1-40-27-12-4-23(5-13-27)19-33(18-22-2-6-24(31)7-3-22)20-29-32-28(21-41-29)30(37)35-16-14-34(15-17-35)25-8-10-26(11-9-25)36(38)39/h2-13,21H,14-20H2,1H3. The maximum Gasteiger partial charge on any atom is 0.273 e. The van der Waals surface area contributed by atoms with Gasteiger partial charge in [0.15, 0.2) is 0 Å². The molecule has 0 spiro atoms. The number of thiazole rings is 1. The third kappa shape index (κ3) is 7.24. The predicted molar refractivity (Wildman–Crippen MR) is 156 cm³/mol. The molecule has 41 heavy (non-hydrogen) atoms. The van der Waals surface area contributed by atoms with E-state index in [1.807, 2.05) is 29.6 Å². The Morgan fingerprint density at radius 2 is 1.56 bits per heavy atom. The zero-order valence-corrected chi connectivity index (χ0v) is 23.4. The molecular weight excluding hydrogens is 545 g/mol. The van der Waals surface area contributed by atoms with Crippen LogP contribution < -0.4 is 9.64 Å². The molecule has 4 aromatic rings. The van der Waals surface area contributed by atoms with E-state index in [4.69, 9.17) is 4.74 Å². The number of carbonyl (C=O) groups excluding carboxylic acids is 1. The van der Waals surface area contributed by atoms with E-state index in [9.17, 15) is 19.3 Å². The van der Waals surface area contributed by atoms with Crippen molar-refractivity contribution in [3.63, 3.8) is 0 Å². The number of hydrogen-bond donors (Lipinski definition) is 0. The molecule has 1 aliphatic heterocycles. The molecule has 5 rings (SSSR count). The third-order valence-corrected chi connectivity index (χ3v) is 7.84. The predicted octanol–water partition coefficient (Wildman–Crippen LogP) is 5.36. The van der Waals surface area contributed by atoms with Crippen molar-refractivity contribution in [3.8, 4) is 5.75 Å². The fourth-order valence-electron chi connectivity index (χ4n) is 4.79. The van der Waals surface area contributed by atoms with Crippen molar-refractivity contribution >= 4 is 28.6 Å². The first-order chi connectivity index (χ1) is 19.9. The lowest BCUT2D eigenvalue weighted by Crippen LogP contribution is -2.48. The van der Waals surface area contributed by atoms with Crippen LogP contribution in [-0.4, -0.2) is 58.9 Å². The first kappa shape index (κ1) is 28.2. The lowest BCUT2D eigenvalue weighted by Gasteiger charge is -2.35. The van der Waals surface area contributed by atoms with Crippen molar-refractivity contribution in [2.75, 3.05) is 38.2 Å². The Kier molecular flexibility index (Phi) is 8.85. The Bertz CT molecular complexity index is 1470. The molecule has 0 atom stereocenters. The van der Waals surface area contributed by atoms with Gasteiger partial charge in [0.1, 0.15) is 22.3 Å². The molecule has 0 bridgehead atoms. The molecule has 11 heteroatoms. The molecule has 0 N–H and O–H groups in total. The van der Waals surface area contributed by atoms with Crippen LogP contribution in [0.5, 0.6) is 5.75 Å². The van der Waals surface area contributed by atoms with Crippen LogP contribution in [0.3, 0.4) is 0 Å². The maximum absolute atomic E-state index is 13.5. The van der Waals surface area contributed by atoms with E-state index in [-0.39, 0.29) is 17.4 Å². The Morgan fingerprint density at radius 3 is 2.15 bits per heavy atom. The minimum atomic E-state index is -0.413. The number of ether oxygens (including phenoxy) is 1. The maximum atomic E-state index is 13.5. The summed E-state index contributed by atoms with van der Waals surface area (Å²) in [5.41, 5.74) is 3.48. The Balaban J connectivity index is 1.22. The summed E-state index contributed by atoms with van der Waals surface area (Å²) in [6, 6.07) is 20.8. The highest BCUT2D eigenvalue weighted by Crippen LogP contribution is 2.23. The smallest absolute Gasteiger partial charge is 0.273 e. The van der Waals surface area contributed by atoms with E-state index in [0.29, 0.717) is 51.5 Å². The molecule has 1 fully saturated rings. The van der Waals surface area contributed by atoms with Gasteiger partial charge >= 0.3 is 0 Å². The summed E-state index contributed by atoms with van der Waals surface area (Å²) in [4.78, 5) is 34.6. The van der Waals surface area contributed by atoms with Gasteiger partial charge in [-0.2, -0.15) is 0 Å². The van der Waals surface area contributed by atoms with Crippen LogP contribution in [0.15, 0.2) is 78.2 Å². The SMILES string of the molecule is COc1ccc(CN(Cc2ccc(F)cc2)Cc2nc(C(=O)N3CCN(c4ccc([N+](=O)[O-])cc4)CC3)cs2)cc1. The van der Waals surface area contributed by atoms with Gasteiger partial charge in [-0.25, -0.2) is 9.37 Å². The molecule has 0 unspecified atom stereocenters. The number of halogens is 1. The largest absolute Gasteiger partial charge is 0.497 e. The van der Waals surface area contributed by atoms with Gasteiger partial charge in [0, 0.05) is 62.5 Å². The summed E-state index contributed by atoms with van der Waals surface area (Å²) in [5, 5.41) is 13.6. The fraction of sp³-hybridized carbons (Fsp3) is 0.267. The van der Waals surface area contributed by atoms with Crippen molar-refractivity contribution < 1.29 is 18.8 Å². The zero-order valence-electron chi connectivity index (χ0n) is 22.6. The van der Waals surface area contributed by atoms with Crippen LogP contribution in [0.25, 0.3) is 0 Å².